The lowest BCUT2D eigenvalue weighted by molar-refractivity contribution is -0.134. The summed E-state index contributed by atoms with van der Waals surface area (Å²) in [6, 6.07) is 13.3. The first-order chi connectivity index (χ1) is 23.0. The number of hydrogen-bond donors (Lipinski definition) is 6. The third-order valence-electron chi connectivity index (χ3n) is 9.15. The lowest BCUT2D eigenvalue weighted by atomic mass is 9.81. The van der Waals surface area contributed by atoms with E-state index in [9.17, 15) is 19.2 Å². The number of hydrogen-bond acceptors (Lipinski definition) is 6. The molecule has 0 spiro atoms. The van der Waals surface area contributed by atoms with Gasteiger partial charge in [0.05, 0.1) is 17.1 Å². The molecule has 6 N–H and O–H groups in total. The van der Waals surface area contributed by atoms with Gasteiger partial charge in [-0.1, -0.05) is 30.3 Å². The van der Waals surface area contributed by atoms with Gasteiger partial charge in [0.25, 0.3) is 0 Å². The smallest absolute Gasteiger partial charge is 0.328 e. The SMILES string of the molecule is CCN(CC)C(=O)N[C@H]1C=C2c3cccc4[nH]cc(c34)C[C@H]2N(C)C1.CN[C@@H]1Cc2cccc3[nH]c(=O)n(c23)C1.O=C(O)/C=C\C(=O)O. The first-order valence-electron chi connectivity index (χ1n) is 16.1. The van der Waals surface area contributed by atoms with E-state index in [0.29, 0.717) is 24.2 Å². The van der Waals surface area contributed by atoms with Gasteiger partial charge in [0.15, 0.2) is 0 Å². The molecule has 13 nitrogen and oxygen atoms in total. The third kappa shape index (κ3) is 7.21. The van der Waals surface area contributed by atoms with Crippen LogP contribution in [-0.2, 0) is 29.0 Å². The summed E-state index contributed by atoms with van der Waals surface area (Å²) in [6.07, 6.45) is 7.55. The first kappa shape index (κ1) is 34.2. The van der Waals surface area contributed by atoms with E-state index in [-0.39, 0.29) is 17.8 Å². The van der Waals surface area contributed by atoms with Crippen molar-refractivity contribution >= 4 is 45.5 Å². The number of carbonyl (C=O) groups is 3. The van der Waals surface area contributed by atoms with E-state index in [1.807, 2.05) is 42.5 Å². The molecule has 2 amide bonds. The fourth-order valence-electron chi connectivity index (χ4n) is 6.82. The van der Waals surface area contributed by atoms with Gasteiger partial charge in [0.1, 0.15) is 0 Å². The van der Waals surface area contributed by atoms with Crippen LogP contribution in [0.3, 0.4) is 0 Å². The number of nitrogens with zero attached hydrogens (tertiary/aromatic N) is 3. The number of likely N-dealkylation sites (N-methyl/N-ethyl adjacent to an activating group) is 2. The molecule has 7 rings (SSSR count). The number of carbonyl (C=O) groups excluding carboxylic acids is 1. The molecule has 3 atom stereocenters. The average molecular weight is 658 g/mol. The lowest BCUT2D eigenvalue weighted by Gasteiger charge is -2.40. The molecule has 4 aromatic rings. The number of aromatic amines is 2. The van der Waals surface area contributed by atoms with Crippen molar-refractivity contribution in [3.63, 3.8) is 0 Å². The van der Waals surface area contributed by atoms with Gasteiger partial charge in [-0.15, -0.1) is 0 Å². The number of aromatic nitrogens is 3. The number of amides is 2. The van der Waals surface area contributed by atoms with Gasteiger partial charge in [0, 0.05) is 67.5 Å². The average Bonchev–Trinajstić information content (AvgIpc) is 3.63. The van der Waals surface area contributed by atoms with Gasteiger partial charge in [-0.25, -0.2) is 19.2 Å². The van der Waals surface area contributed by atoms with Crippen molar-refractivity contribution in [2.24, 2.45) is 0 Å². The second-order valence-electron chi connectivity index (χ2n) is 12.1. The maximum absolute atomic E-state index is 12.4. The molecule has 0 bridgehead atoms. The van der Waals surface area contributed by atoms with Crippen LogP contribution >= 0.6 is 0 Å². The Kier molecular flexibility index (Phi) is 10.5. The molecule has 1 aliphatic carbocycles. The number of carboxylic acid groups (broad SMARTS) is 2. The standard InChI is InChI=1S/C20H26N4O.C11H13N3O.C4H4O4/c1-4-24(5-2)20(25)22-14-10-16-15-7-6-8-17-19(15)13(11-21-17)9-18(16)23(3)12-14;1-12-8-5-7-3-2-4-9-10(7)14(6-8)11(15)13-9;5-3(6)1-2-4(7)8/h6-8,10-11,14,18,21H,4-5,9,12H2,1-3H3,(H,22,25);2-4,8,12H,5-6H2,1H3,(H,13,15);1-2H,(H,5,6)(H,7,8)/b;;2-1-/t14-,18+;8-;/m01./s1. The number of urea groups is 1. The Morgan fingerprint density at radius 1 is 0.979 bits per heavy atom. The molecule has 2 aromatic heterocycles. The highest BCUT2D eigenvalue weighted by Crippen LogP contribution is 2.39. The van der Waals surface area contributed by atoms with Crippen molar-refractivity contribution in [1.29, 1.82) is 0 Å². The molecular formula is C35H43N7O6. The van der Waals surface area contributed by atoms with Gasteiger partial charge in [-0.05, 0) is 75.2 Å². The molecule has 48 heavy (non-hydrogen) atoms. The van der Waals surface area contributed by atoms with Gasteiger partial charge in [0.2, 0.25) is 0 Å². The number of carboxylic acids is 2. The second-order valence-corrected chi connectivity index (χ2v) is 12.1. The largest absolute Gasteiger partial charge is 0.478 e. The minimum Gasteiger partial charge on any atom is -0.478 e. The fourth-order valence-corrected chi connectivity index (χ4v) is 6.82. The van der Waals surface area contributed by atoms with Gasteiger partial charge in [-0.2, -0.15) is 0 Å². The van der Waals surface area contributed by atoms with Gasteiger partial charge >= 0.3 is 23.7 Å². The number of nitrogens with one attached hydrogen (secondary N) is 4. The van der Waals surface area contributed by atoms with Crippen LogP contribution in [0.25, 0.3) is 27.5 Å². The normalized spacial score (nSPS) is 19.4. The van der Waals surface area contributed by atoms with Crippen molar-refractivity contribution < 1.29 is 24.6 Å². The molecule has 0 saturated carbocycles. The molecule has 2 aromatic carbocycles. The van der Waals surface area contributed by atoms with E-state index < -0.39 is 11.9 Å². The van der Waals surface area contributed by atoms with Crippen LogP contribution in [-0.4, -0.2) is 104 Å². The quantitative estimate of drug-likeness (QED) is 0.172. The number of fused-ring (bicyclic) bond motifs is 2. The van der Waals surface area contributed by atoms with Crippen LogP contribution in [0.2, 0.25) is 0 Å². The predicted molar refractivity (Wildman–Crippen MR) is 185 cm³/mol. The predicted octanol–water partition coefficient (Wildman–Crippen LogP) is 3.03. The van der Waals surface area contributed by atoms with Crippen LogP contribution in [0.15, 0.2) is 65.6 Å². The molecule has 254 valence electrons. The number of imidazole rings is 1. The minimum absolute atomic E-state index is 0.00241. The fraction of sp³-hybridized carbons (Fsp3) is 0.371. The van der Waals surface area contributed by atoms with Crippen LogP contribution in [0, 0.1) is 0 Å². The molecule has 2 aliphatic heterocycles. The molecule has 0 saturated heterocycles. The summed E-state index contributed by atoms with van der Waals surface area (Å²) in [6.45, 7) is 7.09. The highest BCUT2D eigenvalue weighted by atomic mass is 16.4. The van der Waals surface area contributed by atoms with Gasteiger partial charge < -0.3 is 35.7 Å². The zero-order valence-corrected chi connectivity index (χ0v) is 27.6. The highest BCUT2D eigenvalue weighted by Gasteiger charge is 2.34. The topological polar surface area (TPSA) is 176 Å². The first-order valence-corrected chi connectivity index (χ1v) is 16.1. The van der Waals surface area contributed by atoms with Crippen molar-refractivity contribution in [3.8, 4) is 0 Å². The number of aliphatic carboxylic acids is 2. The molecular weight excluding hydrogens is 614 g/mol. The van der Waals surface area contributed by atoms with E-state index in [1.165, 1.54) is 33.2 Å². The molecule has 0 unspecified atom stereocenters. The number of benzene rings is 2. The minimum atomic E-state index is -1.26. The second kappa shape index (κ2) is 14.7. The Balaban J connectivity index is 0.000000165. The Bertz CT molecular complexity index is 1920. The summed E-state index contributed by atoms with van der Waals surface area (Å²) in [7, 11) is 4.10. The van der Waals surface area contributed by atoms with Crippen LogP contribution in [0.1, 0.15) is 30.5 Å². The summed E-state index contributed by atoms with van der Waals surface area (Å²) in [5.74, 6) is -2.51. The summed E-state index contributed by atoms with van der Waals surface area (Å²) in [4.78, 5) is 53.7. The van der Waals surface area contributed by atoms with Gasteiger partial charge in [-0.3, -0.25) is 9.47 Å². The summed E-state index contributed by atoms with van der Waals surface area (Å²) in [5, 5.41) is 23.4. The molecule has 3 aliphatic rings. The highest BCUT2D eigenvalue weighted by molar-refractivity contribution is 5.98. The number of rotatable bonds is 6. The Labute approximate surface area is 277 Å². The number of para-hydroxylation sites is 1. The van der Waals surface area contributed by atoms with E-state index in [0.717, 1.165) is 50.1 Å². The zero-order valence-electron chi connectivity index (χ0n) is 27.6. The Morgan fingerprint density at radius 3 is 2.33 bits per heavy atom. The number of H-pyrrole nitrogens is 2. The molecule has 13 heteroatoms. The van der Waals surface area contributed by atoms with E-state index in [1.54, 1.807) is 0 Å². The maximum atomic E-state index is 12.4. The maximum Gasteiger partial charge on any atom is 0.328 e. The van der Waals surface area contributed by atoms with Crippen LogP contribution < -0.4 is 16.3 Å². The van der Waals surface area contributed by atoms with Crippen molar-refractivity contribution in [1.82, 2.24) is 35.0 Å². The summed E-state index contributed by atoms with van der Waals surface area (Å²) < 4.78 is 1.83. The van der Waals surface area contributed by atoms with E-state index in [2.05, 4.69) is 69.1 Å². The monoisotopic (exact) mass is 657 g/mol. The van der Waals surface area contributed by atoms with Crippen LogP contribution in [0.5, 0.6) is 0 Å². The van der Waals surface area contributed by atoms with Crippen molar-refractivity contribution in [2.75, 3.05) is 33.7 Å². The van der Waals surface area contributed by atoms with E-state index >= 15 is 0 Å². The summed E-state index contributed by atoms with van der Waals surface area (Å²) in [5.41, 5.74) is 8.51. The van der Waals surface area contributed by atoms with E-state index in [4.69, 9.17) is 10.2 Å². The van der Waals surface area contributed by atoms with Crippen LogP contribution in [0.4, 0.5) is 4.79 Å². The molecule has 0 fully saturated rings. The molecule has 0 radical (unpaired) electrons. The molecule has 4 heterocycles. The van der Waals surface area contributed by atoms with Crippen molar-refractivity contribution in [3.05, 3.63) is 88.0 Å². The lowest BCUT2D eigenvalue weighted by Crippen LogP contribution is -2.52. The van der Waals surface area contributed by atoms with Crippen molar-refractivity contribution in [2.45, 2.75) is 51.4 Å². The summed E-state index contributed by atoms with van der Waals surface area (Å²) >= 11 is 0. The zero-order chi connectivity index (χ0) is 34.5. The third-order valence-corrected chi connectivity index (χ3v) is 9.15. The Morgan fingerprint density at radius 2 is 1.67 bits per heavy atom. The Hall–Kier alpha value is -5.14.